The summed E-state index contributed by atoms with van der Waals surface area (Å²) >= 11 is 6.03. The first-order valence-electron chi connectivity index (χ1n) is 8.91. The summed E-state index contributed by atoms with van der Waals surface area (Å²) in [5, 5.41) is 0.583. The Bertz CT molecular complexity index is 1300. The van der Waals surface area contributed by atoms with Gasteiger partial charge in [0.25, 0.3) is 5.56 Å². The van der Waals surface area contributed by atoms with Crippen molar-refractivity contribution in [1.29, 1.82) is 0 Å². The van der Waals surface area contributed by atoms with Crippen LogP contribution in [0.5, 0.6) is 0 Å². The highest BCUT2D eigenvalue weighted by Crippen LogP contribution is 2.37. The summed E-state index contributed by atoms with van der Waals surface area (Å²) in [6.07, 6.45) is 0. The molecule has 0 N–H and O–H groups in total. The van der Waals surface area contributed by atoms with Gasteiger partial charge in [0.2, 0.25) is 5.78 Å². The van der Waals surface area contributed by atoms with Crippen LogP contribution in [-0.4, -0.2) is 15.1 Å². The summed E-state index contributed by atoms with van der Waals surface area (Å²) in [7, 11) is 0. The molecule has 0 saturated carbocycles. The highest BCUT2D eigenvalue weighted by atomic mass is 35.5. The normalized spacial score (nSPS) is 12.1. The van der Waals surface area contributed by atoms with Crippen LogP contribution >= 0.6 is 11.6 Å². The van der Waals surface area contributed by atoms with Crippen LogP contribution in [-0.2, 0) is 0 Å². The first-order chi connectivity index (χ1) is 13.6. The van der Waals surface area contributed by atoms with Gasteiger partial charge < -0.3 is 0 Å². The minimum atomic E-state index is -0.334. The molecule has 0 radical (unpaired) electrons. The molecule has 1 aromatic heterocycles. The highest BCUT2D eigenvalue weighted by molar-refractivity contribution is 6.30. The molecule has 1 aliphatic rings. The molecule has 5 heteroatoms. The lowest BCUT2D eigenvalue weighted by atomic mass is 10.1. The highest BCUT2D eigenvalue weighted by Gasteiger charge is 2.36. The van der Waals surface area contributed by atoms with E-state index in [9.17, 15) is 9.59 Å². The van der Waals surface area contributed by atoms with Crippen LogP contribution in [0.1, 0.15) is 21.5 Å². The molecule has 4 nitrogen and oxygen atoms in total. The van der Waals surface area contributed by atoms with E-state index in [1.807, 2.05) is 54.1 Å². The molecule has 0 atom stereocenters. The number of carbonyl (C=O) groups excluding carboxylic acids is 1. The summed E-state index contributed by atoms with van der Waals surface area (Å²) in [5.41, 5.74) is 4.41. The maximum absolute atomic E-state index is 13.4. The second kappa shape index (κ2) is 6.08. The first-order valence-corrected chi connectivity index (χ1v) is 9.29. The van der Waals surface area contributed by atoms with Gasteiger partial charge in [0.1, 0.15) is 5.56 Å². The average molecular weight is 387 g/mol. The van der Waals surface area contributed by atoms with Gasteiger partial charge in [-0.2, -0.15) is 0 Å². The Morgan fingerprint density at radius 1 is 0.714 bits per heavy atom. The van der Waals surface area contributed by atoms with E-state index in [1.54, 1.807) is 35.0 Å². The van der Waals surface area contributed by atoms with Gasteiger partial charge in [-0.15, -0.1) is 0 Å². The SMILES string of the molecule is Cc1ccc(-n2c3c(c(=O)n2-c2ccc(Cl)cc2)C(=O)c2ccccc2-3)cc1. The van der Waals surface area contributed by atoms with E-state index >= 15 is 0 Å². The van der Waals surface area contributed by atoms with Crippen LogP contribution in [0, 0.1) is 6.92 Å². The minimum absolute atomic E-state index is 0.205. The van der Waals surface area contributed by atoms with Crippen LogP contribution in [0.2, 0.25) is 5.02 Å². The molecule has 4 aromatic rings. The Labute approximate surface area is 166 Å². The van der Waals surface area contributed by atoms with Gasteiger partial charge in [-0.1, -0.05) is 53.6 Å². The summed E-state index contributed by atoms with van der Waals surface area (Å²) in [6.45, 7) is 2.01. The van der Waals surface area contributed by atoms with Crippen molar-refractivity contribution in [2.75, 3.05) is 0 Å². The lowest BCUT2D eigenvalue weighted by Crippen LogP contribution is -2.23. The number of ketones is 1. The zero-order chi connectivity index (χ0) is 19.4. The molecule has 0 saturated heterocycles. The predicted molar refractivity (Wildman–Crippen MR) is 110 cm³/mol. The molecule has 5 rings (SSSR count). The Morgan fingerprint density at radius 3 is 1.96 bits per heavy atom. The van der Waals surface area contributed by atoms with Gasteiger partial charge in [0, 0.05) is 16.1 Å². The van der Waals surface area contributed by atoms with Gasteiger partial charge in [-0.05, 0) is 43.3 Å². The topological polar surface area (TPSA) is 44.0 Å². The molecule has 1 heterocycles. The Hall–Kier alpha value is -3.37. The number of aromatic nitrogens is 2. The maximum atomic E-state index is 13.4. The van der Waals surface area contributed by atoms with Crippen molar-refractivity contribution in [3.05, 3.63) is 105 Å². The van der Waals surface area contributed by atoms with Crippen molar-refractivity contribution in [3.63, 3.8) is 0 Å². The number of rotatable bonds is 2. The second-order valence-electron chi connectivity index (χ2n) is 6.84. The number of fused-ring (bicyclic) bond motifs is 3. The summed E-state index contributed by atoms with van der Waals surface area (Å²) in [6, 6.07) is 22.2. The number of hydrogen-bond acceptors (Lipinski definition) is 2. The Kier molecular flexibility index (Phi) is 3.64. The maximum Gasteiger partial charge on any atom is 0.283 e. The number of nitrogens with zero attached hydrogens (tertiary/aromatic N) is 2. The summed E-state index contributed by atoms with van der Waals surface area (Å²) in [5.74, 6) is -0.232. The minimum Gasteiger partial charge on any atom is -0.288 e. The fraction of sp³-hybridized carbons (Fsp3) is 0.0435. The van der Waals surface area contributed by atoms with Crippen LogP contribution in [0.3, 0.4) is 0 Å². The van der Waals surface area contributed by atoms with Crippen LogP contribution in [0.15, 0.2) is 77.6 Å². The second-order valence-corrected chi connectivity index (χ2v) is 7.28. The van der Waals surface area contributed by atoms with E-state index in [-0.39, 0.29) is 16.9 Å². The summed E-state index contributed by atoms with van der Waals surface area (Å²) < 4.78 is 3.36. The fourth-order valence-electron chi connectivity index (χ4n) is 3.73. The molecule has 1 aliphatic carbocycles. The van der Waals surface area contributed by atoms with Crippen LogP contribution in [0.25, 0.3) is 22.6 Å². The van der Waals surface area contributed by atoms with Crippen molar-refractivity contribution >= 4 is 17.4 Å². The van der Waals surface area contributed by atoms with Gasteiger partial charge in [-0.3, -0.25) is 9.59 Å². The van der Waals surface area contributed by atoms with Crippen molar-refractivity contribution in [1.82, 2.24) is 9.36 Å². The molecular formula is C23H15ClN2O2. The van der Waals surface area contributed by atoms with Gasteiger partial charge >= 0.3 is 0 Å². The lowest BCUT2D eigenvalue weighted by molar-refractivity contribution is 0.104. The fourth-order valence-corrected chi connectivity index (χ4v) is 3.85. The van der Waals surface area contributed by atoms with E-state index in [0.29, 0.717) is 22.0 Å². The molecule has 0 aliphatic heterocycles. The quantitative estimate of drug-likeness (QED) is 0.437. The smallest absolute Gasteiger partial charge is 0.283 e. The predicted octanol–water partition coefficient (Wildman–Crippen LogP) is 4.80. The monoisotopic (exact) mass is 386 g/mol. The molecule has 0 unspecified atom stereocenters. The zero-order valence-corrected chi connectivity index (χ0v) is 15.8. The van der Waals surface area contributed by atoms with E-state index in [1.165, 1.54) is 0 Å². The Morgan fingerprint density at radius 2 is 1.29 bits per heavy atom. The van der Waals surface area contributed by atoms with Gasteiger partial charge in [0.15, 0.2) is 0 Å². The number of aryl methyl sites for hydroxylation is 1. The Balaban J connectivity index is 1.91. The number of benzene rings is 3. The lowest BCUT2D eigenvalue weighted by Gasteiger charge is -2.15. The zero-order valence-electron chi connectivity index (χ0n) is 15.0. The van der Waals surface area contributed by atoms with Gasteiger partial charge in [0.05, 0.1) is 17.1 Å². The largest absolute Gasteiger partial charge is 0.288 e. The number of carbonyl (C=O) groups is 1. The average Bonchev–Trinajstić information content (AvgIpc) is 3.17. The third-order valence-corrected chi connectivity index (χ3v) is 5.31. The third kappa shape index (κ3) is 2.31. The molecule has 136 valence electrons. The molecule has 0 spiro atoms. The molecule has 28 heavy (non-hydrogen) atoms. The van der Waals surface area contributed by atoms with Crippen molar-refractivity contribution in [2.24, 2.45) is 0 Å². The molecule has 0 amide bonds. The number of halogens is 1. The van der Waals surface area contributed by atoms with Crippen molar-refractivity contribution < 1.29 is 4.79 Å². The molecular weight excluding hydrogens is 372 g/mol. The van der Waals surface area contributed by atoms with Gasteiger partial charge in [-0.25, -0.2) is 9.36 Å². The van der Waals surface area contributed by atoms with E-state index in [0.717, 1.165) is 16.8 Å². The van der Waals surface area contributed by atoms with E-state index < -0.39 is 0 Å². The third-order valence-electron chi connectivity index (χ3n) is 5.06. The molecule has 0 fully saturated rings. The molecule has 3 aromatic carbocycles. The van der Waals surface area contributed by atoms with Crippen LogP contribution in [0.4, 0.5) is 0 Å². The van der Waals surface area contributed by atoms with Crippen molar-refractivity contribution in [2.45, 2.75) is 6.92 Å². The standard InChI is InChI=1S/C23H15ClN2O2/c1-14-6-10-16(11-7-14)25-21-18-4-2-3-5-19(18)22(27)20(21)23(28)26(25)17-12-8-15(24)9-13-17/h2-13H,1H3. The van der Waals surface area contributed by atoms with E-state index in [4.69, 9.17) is 11.6 Å². The van der Waals surface area contributed by atoms with Crippen LogP contribution < -0.4 is 5.56 Å². The van der Waals surface area contributed by atoms with E-state index in [2.05, 4.69) is 0 Å². The van der Waals surface area contributed by atoms with Crippen molar-refractivity contribution in [3.8, 4) is 22.6 Å². The number of hydrogen-bond donors (Lipinski definition) is 0. The summed E-state index contributed by atoms with van der Waals surface area (Å²) in [4.78, 5) is 26.4. The first kappa shape index (κ1) is 16.8. The molecule has 0 bridgehead atoms.